The van der Waals surface area contributed by atoms with Gasteiger partial charge in [-0.3, -0.25) is 9.78 Å². The molecule has 0 saturated heterocycles. The van der Waals surface area contributed by atoms with E-state index in [1.165, 1.54) is 17.2 Å². The minimum Gasteiger partial charge on any atom is -0.489 e. The number of halogens is 1. The summed E-state index contributed by atoms with van der Waals surface area (Å²) in [6, 6.07) is 17.0. The Morgan fingerprint density at radius 1 is 1.03 bits per heavy atom. The third-order valence-corrected chi connectivity index (χ3v) is 5.20. The summed E-state index contributed by atoms with van der Waals surface area (Å²) in [7, 11) is 0. The van der Waals surface area contributed by atoms with Crippen molar-refractivity contribution in [3.05, 3.63) is 95.1 Å². The Hall–Kier alpha value is -3.25. The van der Waals surface area contributed by atoms with Crippen LogP contribution in [0.4, 0.5) is 4.39 Å². The zero-order chi connectivity index (χ0) is 23.3. The average Bonchev–Trinajstić information content (AvgIpc) is 2.83. The van der Waals surface area contributed by atoms with Gasteiger partial charge in [-0.25, -0.2) is 4.39 Å². The van der Waals surface area contributed by atoms with Crippen LogP contribution >= 0.6 is 0 Å². The van der Waals surface area contributed by atoms with Crippen molar-refractivity contribution in [1.29, 1.82) is 0 Å². The monoisotopic (exact) mass is 450 g/mol. The van der Waals surface area contributed by atoms with E-state index in [1.54, 1.807) is 19.2 Å². The molecule has 0 bridgehead atoms. The van der Waals surface area contributed by atoms with Gasteiger partial charge in [-0.15, -0.1) is 0 Å². The van der Waals surface area contributed by atoms with E-state index in [-0.39, 0.29) is 24.8 Å². The molecule has 1 N–H and O–H groups in total. The molecule has 0 aliphatic heterocycles. The van der Waals surface area contributed by atoms with Gasteiger partial charge in [0.25, 0.3) is 0 Å². The van der Waals surface area contributed by atoms with Crippen LogP contribution in [0.3, 0.4) is 0 Å². The molecule has 2 aromatic carbocycles. The van der Waals surface area contributed by atoms with E-state index < -0.39 is 0 Å². The van der Waals surface area contributed by atoms with Crippen molar-refractivity contribution in [1.82, 2.24) is 10.3 Å². The number of nitrogens with zero attached hydrogens (tertiary/aromatic N) is 1. The molecular formula is C27H31FN2O3. The molecule has 33 heavy (non-hydrogen) atoms. The van der Waals surface area contributed by atoms with Crippen molar-refractivity contribution in [3.63, 3.8) is 0 Å². The summed E-state index contributed by atoms with van der Waals surface area (Å²) in [6.07, 6.45) is 6.11. The first-order valence-electron chi connectivity index (χ1n) is 11.4. The molecule has 0 amide bonds. The summed E-state index contributed by atoms with van der Waals surface area (Å²) in [4.78, 5) is 15.6. The predicted octanol–water partition coefficient (Wildman–Crippen LogP) is 5.02. The molecule has 6 heteroatoms. The van der Waals surface area contributed by atoms with Crippen LogP contribution in [-0.2, 0) is 35.5 Å². The Bertz CT molecular complexity index is 1010. The number of aryl methyl sites for hydroxylation is 2. The van der Waals surface area contributed by atoms with Crippen LogP contribution in [0.25, 0.3) is 0 Å². The minimum atomic E-state index is -0.326. The molecule has 0 aliphatic carbocycles. The van der Waals surface area contributed by atoms with Crippen molar-refractivity contribution in [2.45, 2.75) is 45.8 Å². The van der Waals surface area contributed by atoms with E-state index in [0.717, 1.165) is 37.2 Å². The van der Waals surface area contributed by atoms with E-state index in [1.807, 2.05) is 36.5 Å². The molecule has 0 radical (unpaired) electrons. The minimum absolute atomic E-state index is 0.173. The maximum absolute atomic E-state index is 14.4. The van der Waals surface area contributed by atoms with Gasteiger partial charge in [0, 0.05) is 25.4 Å². The van der Waals surface area contributed by atoms with Crippen LogP contribution in [-0.4, -0.2) is 24.1 Å². The normalized spacial score (nSPS) is 10.7. The van der Waals surface area contributed by atoms with Gasteiger partial charge in [-0.1, -0.05) is 30.3 Å². The third-order valence-electron chi connectivity index (χ3n) is 5.20. The first-order valence-corrected chi connectivity index (χ1v) is 11.4. The number of hydrogen-bond acceptors (Lipinski definition) is 5. The van der Waals surface area contributed by atoms with Crippen molar-refractivity contribution < 1.29 is 18.7 Å². The molecule has 1 aromatic heterocycles. The zero-order valence-corrected chi connectivity index (χ0v) is 19.1. The number of rotatable bonds is 13. The maximum Gasteiger partial charge on any atom is 0.306 e. The molecule has 1 heterocycles. The zero-order valence-electron chi connectivity index (χ0n) is 19.1. The number of aromatic nitrogens is 1. The quantitative estimate of drug-likeness (QED) is 0.293. The smallest absolute Gasteiger partial charge is 0.306 e. The molecule has 0 atom stereocenters. The molecule has 0 fully saturated rings. The maximum atomic E-state index is 14.4. The molecule has 0 saturated carbocycles. The topological polar surface area (TPSA) is 60.5 Å². The molecule has 0 aliphatic rings. The van der Waals surface area contributed by atoms with E-state index in [9.17, 15) is 9.18 Å². The molecule has 5 nitrogen and oxygen atoms in total. The largest absolute Gasteiger partial charge is 0.489 e. The lowest BCUT2D eigenvalue weighted by Crippen LogP contribution is -2.15. The lowest BCUT2D eigenvalue weighted by Gasteiger charge is -2.10. The molecule has 0 spiro atoms. The van der Waals surface area contributed by atoms with Crippen LogP contribution in [0.15, 0.2) is 67.0 Å². The molecule has 3 rings (SSSR count). The number of carbonyl (C=O) groups excluding carboxylic acids is 1. The summed E-state index contributed by atoms with van der Waals surface area (Å²) >= 11 is 0. The van der Waals surface area contributed by atoms with Gasteiger partial charge in [0.1, 0.15) is 18.2 Å². The van der Waals surface area contributed by atoms with Gasteiger partial charge in [0.2, 0.25) is 0 Å². The fourth-order valence-corrected chi connectivity index (χ4v) is 3.46. The predicted molar refractivity (Wildman–Crippen MR) is 126 cm³/mol. The van der Waals surface area contributed by atoms with Crippen LogP contribution in [0.2, 0.25) is 0 Å². The van der Waals surface area contributed by atoms with E-state index in [0.29, 0.717) is 18.6 Å². The van der Waals surface area contributed by atoms with Gasteiger partial charge in [-0.2, -0.15) is 0 Å². The van der Waals surface area contributed by atoms with E-state index >= 15 is 0 Å². The second kappa shape index (κ2) is 13.3. The van der Waals surface area contributed by atoms with Crippen LogP contribution in [0.1, 0.15) is 42.0 Å². The number of esters is 1. The molecular weight excluding hydrogens is 419 g/mol. The number of hydrogen-bond donors (Lipinski definition) is 1. The summed E-state index contributed by atoms with van der Waals surface area (Å²) < 4.78 is 25.1. The number of carbonyl (C=O) groups is 1. The highest BCUT2D eigenvalue weighted by Crippen LogP contribution is 2.18. The van der Waals surface area contributed by atoms with Gasteiger partial charge >= 0.3 is 5.97 Å². The van der Waals surface area contributed by atoms with E-state index in [4.69, 9.17) is 9.47 Å². The summed E-state index contributed by atoms with van der Waals surface area (Å²) in [5.74, 6) is 0.129. The highest BCUT2D eigenvalue weighted by molar-refractivity contribution is 5.69. The Labute approximate surface area is 195 Å². The first kappa shape index (κ1) is 24.4. The van der Waals surface area contributed by atoms with Crippen molar-refractivity contribution >= 4 is 5.97 Å². The van der Waals surface area contributed by atoms with Gasteiger partial charge in [-0.05, 0) is 79.3 Å². The van der Waals surface area contributed by atoms with Gasteiger partial charge in [0.05, 0.1) is 6.61 Å². The fraction of sp³-hybridized carbons (Fsp3) is 0.333. The highest BCUT2D eigenvalue weighted by Gasteiger charge is 2.08. The molecule has 0 unspecified atom stereocenters. The number of pyridine rings is 1. The Morgan fingerprint density at radius 3 is 2.70 bits per heavy atom. The van der Waals surface area contributed by atoms with Crippen LogP contribution < -0.4 is 10.1 Å². The second-order valence-corrected chi connectivity index (χ2v) is 7.81. The third kappa shape index (κ3) is 8.66. The second-order valence-electron chi connectivity index (χ2n) is 7.81. The Kier molecular flexibility index (Phi) is 9.86. The lowest BCUT2D eigenvalue weighted by atomic mass is 10.1. The fourth-order valence-electron chi connectivity index (χ4n) is 3.46. The van der Waals surface area contributed by atoms with Gasteiger partial charge in [0.15, 0.2) is 0 Å². The molecule has 3 aromatic rings. The number of ether oxygens (including phenoxy) is 2. The highest BCUT2D eigenvalue weighted by atomic mass is 19.1. The van der Waals surface area contributed by atoms with Crippen LogP contribution in [0, 0.1) is 5.82 Å². The first-order chi connectivity index (χ1) is 16.1. The summed E-state index contributed by atoms with van der Waals surface area (Å²) in [5, 5.41) is 3.43. The Balaban J connectivity index is 1.41. The summed E-state index contributed by atoms with van der Waals surface area (Å²) in [5.41, 5.74) is 3.64. The number of benzene rings is 2. The van der Waals surface area contributed by atoms with Crippen molar-refractivity contribution in [3.8, 4) is 5.75 Å². The Morgan fingerprint density at radius 2 is 1.91 bits per heavy atom. The van der Waals surface area contributed by atoms with Gasteiger partial charge < -0.3 is 14.8 Å². The average molecular weight is 451 g/mol. The standard InChI is InChI=1S/C27H31FN2O3/c1-2-32-27(31)13-12-24-11-10-22(17-26(24)28)20-33-25-9-3-6-21(16-25)7-4-14-29-18-23-8-5-15-30-19-23/h3,5-6,8-11,15-17,19,29H,2,4,7,12-14,18,20H2,1H3. The van der Waals surface area contributed by atoms with E-state index in [2.05, 4.69) is 22.4 Å². The van der Waals surface area contributed by atoms with Crippen LogP contribution in [0.5, 0.6) is 5.75 Å². The van der Waals surface area contributed by atoms with Crippen molar-refractivity contribution in [2.24, 2.45) is 0 Å². The lowest BCUT2D eigenvalue weighted by molar-refractivity contribution is -0.143. The summed E-state index contributed by atoms with van der Waals surface area (Å²) in [6.45, 7) is 4.11. The number of nitrogens with one attached hydrogen (secondary N) is 1. The molecule has 174 valence electrons. The SMILES string of the molecule is CCOC(=O)CCc1ccc(COc2cccc(CCCNCc3cccnc3)c2)cc1F. The van der Waals surface area contributed by atoms with Crippen molar-refractivity contribution in [2.75, 3.05) is 13.2 Å².